The van der Waals surface area contributed by atoms with Crippen LogP contribution in [0.1, 0.15) is 12.0 Å². The summed E-state index contributed by atoms with van der Waals surface area (Å²) < 4.78 is 0. The fourth-order valence-corrected chi connectivity index (χ4v) is 2.33. The number of hydrogen-bond acceptors (Lipinski definition) is 3. The molecule has 0 spiro atoms. The van der Waals surface area contributed by atoms with Crippen LogP contribution < -0.4 is 0 Å². The van der Waals surface area contributed by atoms with E-state index in [-0.39, 0.29) is 12.3 Å². The van der Waals surface area contributed by atoms with Gasteiger partial charge in [-0.3, -0.25) is 9.69 Å². The molecule has 2 rings (SSSR count). The molecule has 0 saturated carbocycles. The van der Waals surface area contributed by atoms with Gasteiger partial charge in [0.25, 0.3) is 0 Å². The van der Waals surface area contributed by atoms with Crippen molar-refractivity contribution in [3.63, 3.8) is 0 Å². The molecule has 0 radical (unpaired) electrons. The maximum absolute atomic E-state index is 11.6. The number of rotatable bonds is 4. The van der Waals surface area contributed by atoms with Gasteiger partial charge in [-0.05, 0) is 12.0 Å². The number of nitrogens with zero attached hydrogens (tertiary/aromatic N) is 3. The zero-order valence-electron chi connectivity index (χ0n) is 11.1. The molecule has 1 saturated heterocycles. The SMILES string of the molecule is N#CCC(=O)N1CCN(CCc2ccccc2)CC1. The first-order valence-electron chi connectivity index (χ1n) is 6.70. The maximum Gasteiger partial charge on any atom is 0.236 e. The Morgan fingerprint density at radius 3 is 2.47 bits per heavy atom. The minimum absolute atomic E-state index is 0.00398. The molecule has 4 nitrogen and oxygen atoms in total. The molecule has 100 valence electrons. The third kappa shape index (κ3) is 4.08. The van der Waals surface area contributed by atoms with Gasteiger partial charge in [0, 0.05) is 32.7 Å². The van der Waals surface area contributed by atoms with Crippen molar-refractivity contribution in [2.24, 2.45) is 0 Å². The lowest BCUT2D eigenvalue weighted by Crippen LogP contribution is -2.49. The molecule has 0 aliphatic carbocycles. The second-order valence-electron chi connectivity index (χ2n) is 4.79. The lowest BCUT2D eigenvalue weighted by Gasteiger charge is -2.34. The highest BCUT2D eigenvalue weighted by atomic mass is 16.2. The van der Waals surface area contributed by atoms with Crippen molar-refractivity contribution in [2.75, 3.05) is 32.7 Å². The normalized spacial score (nSPS) is 16.1. The van der Waals surface area contributed by atoms with E-state index in [1.54, 1.807) is 4.90 Å². The molecule has 1 heterocycles. The predicted molar refractivity (Wildman–Crippen MR) is 73.4 cm³/mol. The van der Waals surface area contributed by atoms with Crippen LogP contribution >= 0.6 is 0 Å². The van der Waals surface area contributed by atoms with Crippen LogP contribution in [0.15, 0.2) is 30.3 Å². The smallest absolute Gasteiger partial charge is 0.236 e. The number of hydrogen-bond donors (Lipinski definition) is 0. The Bertz CT molecular complexity index is 444. The third-order valence-electron chi connectivity index (χ3n) is 3.51. The molecule has 0 N–H and O–H groups in total. The Hall–Kier alpha value is -1.86. The van der Waals surface area contributed by atoms with E-state index in [0.717, 1.165) is 39.1 Å². The average Bonchev–Trinajstić information content (AvgIpc) is 2.47. The summed E-state index contributed by atoms with van der Waals surface area (Å²) in [5.41, 5.74) is 1.35. The second kappa shape index (κ2) is 6.91. The lowest BCUT2D eigenvalue weighted by atomic mass is 10.1. The molecule has 1 fully saturated rings. The number of nitriles is 1. The first-order valence-corrected chi connectivity index (χ1v) is 6.70. The topological polar surface area (TPSA) is 47.3 Å². The standard InChI is InChI=1S/C15H19N3O/c16-8-6-15(19)18-12-10-17(11-13-18)9-7-14-4-2-1-3-5-14/h1-5H,6-7,9-13H2. The van der Waals surface area contributed by atoms with E-state index in [1.165, 1.54) is 5.56 Å². The molecule has 1 aromatic carbocycles. The largest absolute Gasteiger partial charge is 0.339 e. The summed E-state index contributed by atoms with van der Waals surface area (Å²) in [6.45, 7) is 4.34. The third-order valence-corrected chi connectivity index (χ3v) is 3.51. The Labute approximate surface area is 114 Å². The molecule has 1 aromatic rings. The molecule has 19 heavy (non-hydrogen) atoms. The number of benzene rings is 1. The fraction of sp³-hybridized carbons (Fsp3) is 0.467. The summed E-state index contributed by atoms with van der Waals surface area (Å²) in [6.07, 6.45) is 1.05. The van der Waals surface area contributed by atoms with Gasteiger partial charge >= 0.3 is 0 Å². The van der Waals surface area contributed by atoms with E-state index >= 15 is 0 Å². The van der Waals surface area contributed by atoms with Crippen LogP contribution in [0.5, 0.6) is 0 Å². The number of carbonyl (C=O) groups is 1. The van der Waals surface area contributed by atoms with E-state index in [2.05, 4.69) is 29.2 Å². The average molecular weight is 257 g/mol. The van der Waals surface area contributed by atoms with Crippen LogP contribution in [0.25, 0.3) is 0 Å². The van der Waals surface area contributed by atoms with Gasteiger partial charge in [-0.15, -0.1) is 0 Å². The van der Waals surface area contributed by atoms with Crippen molar-refractivity contribution in [1.29, 1.82) is 5.26 Å². The van der Waals surface area contributed by atoms with Crippen LogP contribution in [-0.4, -0.2) is 48.4 Å². The number of piperazine rings is 1. The molecule has 4 heteroatoms. The molecular weight excluding hydrogens is 238 g/mol. The molecule has 1 aliphatic rings. The van der Waals surface area contributed by atoms with Crippen molar-refractivity contribution in [3.8, 4) is 6.07 Å². The van der Waals surface area contributed by atoms with E-state index in [9.17, 15) is 4.79 Å². The summed E-state index contributed by atoms with van der Waals surface area (Å²) in [6, 6.07) is 12.4. The van der Waals surface area contributed by atoms with Gasteiger partial charge in [0.05, 0.1) is 6.07 Å². The number of amides is 1. The van der Waals surface area contributed by atoms with E-state index in [1.807, 2.05) is 12.1 Å². The zero-order chi connectivity index (χ0) is 13.5. The second-order valence-corrected chi connectivity index (χ2v) is 4.79. The quantitative estimate of drug-likeness (QED) is 0.816. The zero-order valence-corrected chi connectivity index (χ0v) is 11.1. The van der Waals surface area contributed by atoms with Crippen molar-refractivity contribution >= 4 is 5.91 Å². The first-order chi connectivity index (χ1) is 9.29. The maximum atomic E-state index is 11.6. The Morgan fingerprint density at radius 1 is 1.16 bits per heavy atom. The van der Waals surface area contributed by atoms with Crippen LogP contribution in [-0.2, 0) is 11.2 Å². The van der Waals surface area contributed by atoms with Crippen molar-refractivity contribution in [2.45, 2.75) is 12.8 Å². The minimum Gasteiger partial charge on any atom is -0.339 e. The Morgan fingerprint density at radius 2 is 1.84 bits per heavy atom. The molecule has 0 unspecified atom stereocenters. The summed E-state index contributed by atoms with van der Waals surface area (Å²) in [5, 5.41) is 8.52. The van der Waals surface area contributed by atoms with Crippen LogP contribution in [0, 0.1) is 11.3 Å². The fourth-order valence-electron chi connectivity index (χ4n) is 2.33. The predicted octanol–water partition coefficient (Wildman–Crippen LogP) is 1.29. The molecule has 0 atom stereocenters. The highest BCUT2D eigenvalue weighted by Gasteiger charge is 2.20. The summed E-state index contributed by atoms with van der Waals surface area (Å²) in [5.74, 6) is -0.0368. The molecule has 0 bridgehead atoms. The van der Waals surface area contributed by atoms with E-state index in [0.29, 0.717) is 0 Å². The van der Waals surface area contributed by atoms with Crippen molar-refractivity contribution in [3.05, 3.63) is 35.9 Å². The van der Waals surface area contributed by atoms with Gasteiger partial charge < -0.3 is 4.90 Å². The number of carbonyl (C=O) groups excluding carboxylic acids is 1. The van der Waals surface area contributed by atoms with E-state index < -0.39 is 0 Å². The summed E-state index contributed by atoms with van der Waals surface area (Å²) in [4.78, 5) is 15.7. The van der Waals surface area contributed by atoms with Crippen molar-refractivity contribution < 1.29 is 4.79 Å². The minimum atomic E-state index is -0.0368. The van der Waals surface area contributed by atoms with Crippen molar-refractivity contribution in [1.82, 2.24) is 9.80 Å². The molecule has 1 aliphatic heterocycles. The molecule has 1 amide bonds. The van der Waals surface area contributed by atoms with Gasteiger partial charge in [0.15, 0.2) is 0 Å². The molecule has 0 aromatic heterocycles. The Kier molecular flexibility index (Phi) is 4.93. The highest BCUT2D eigenvalue weighted by Crippen LogP contribution is 2.06. The van der Waals surface area contributed by atoms with Gasteiger partial charge in [-0.1, -0.05) is 30.3 Å². The first kappa shape index (κ1) is 13.6. The lowest BCUT2D eigenvalue weighted by molar-refractivity contribution is -0.131. The van der Waals surface area contributed by atoms with Crippen LogP contribution in [0.2, 0.25) is 0 Å². The van der Waals surface area contributed by atoms with Crippen LogP contribution in [0.4, 0.5) is 0 Å². The summed E-state index contributed by atoms with van der Waals surface area (Å²) >= 11 is 0. The Balaban J connectivity index is 1.72. The van der Waals surface area contributed by atoms with Gasteiger partial charge in [-0.2, -0.15) is 5.26 Å². The summed E-state index contributed by atoms with van der Waals surface area (Å²) in [7, 11) is 0. The monoisotopic (exact) mass is 257 g/mol. The molecular formula is C15H19N3O. The van der Waals surface area contributed by atoms with Gasteiger partial charge in [0.1, 0.15) is 6.42 Å². The van der Waals surface area contributed by atoms with Gasteiger partial charge in [-0.25, -0.2) is 0 Å². The van der Waals surface area contributed by atoms with E-state index in [4.69, 9.17) is 5.26 Å². The van der Waals surface area contributed by atoms with Crippen LogP contribution in [0.3, 0.4) is 0 Å². The highest BCUT2D eigenvalue weighted by molar-refractivity contribution is 5.78. The van der Waals surface area contributed by atoms with Gasteiger partial charge in [0.2, 0.25) is 5.91 Å².